The molecular formula is C10H13N3O. The fraction of sp³-hybridized carbons (Fsp3) is 0.400. The van der Waals surface area contributed by atoms with Crippen molar-refractivity contribution in [2.24, 2.45) is 0 Å². The molecule has 0 aromatic carbocycles. The third kappa shape index (κ3) is 1.23. The van der Waals surface area contributed by atoms with E-state index in [4.69, 9.17) is 0 Å². The van der Waals surface area contributed by atoms with Crippen molar-refractivity contribution < 1.29 is 0 Å². The van der Waals surface area contributed by atoms with Gasteiger partial charge in [-0.25, -0.2) is 4.52 Å². The van der Waals surface area contributed by atoms with Gasteiger partial charge in [0.15, 0.2) is 0 Å². The third-order valence-electron chi connectivity index (χ3n) is 2.40. The zero-order valence-corrected chi connectivity index (χ0v) is 8.37. The summed E-state index contributed by atoms with van der Waals surface area (Å²) in [5, 5.41) is 4.25. The molecule has 4 heteroatoms. The van der Waals surface area contributed by atoms with Crippen LogP contribution in [0.3, 0.4) is 0 Å². The summed E-state index contributed by atoms with van der Waals surface area (Å²) in [5.41, 5.74) is 2.81. The molecule has 2 aromatic rings. The van der Waals surface area contributed by atoms with Gasteiger partial charge in [0, 0.05) is 17.3 Å². The molecule has 0 spiro atoms. The number of fused-ring (bicyclic) bond motifs is 1. The van der Waals surface area contributed by atoms with Gasteiger partial charge in [0.05, 0.1) is 6.20 Å². The highest BCUT2D eigenvalue weighted by atomic mass is 16.1. The van der Waals surface area contributed by atoms with Crippen LogP contribution >= 0.6 is 0 Å². The molecule has 0 aliphatic heterocycles. The van der Waals surface area contributed by atoms with Gasteiger partial charge in [0.25, 0.3) is 5.56 Å². The van der Waals surface area contributed by atoms with Gasteiger partial charge in [0.1, 0.15) is 5.65 Å². The van der Waals surface area contributed by atoms with Crippen LogP contribution in [0.25, 0.3) is 5.65 Å². The summed E-state index contributed by atoms with van der Waals surface area (Å²) in [4.78, 5) is 14.1. The van der Waals surface area contributed by atoms with Crippen LogP contribution in [0, 0.1) is 0 Å². The fourth-order valence-electron chi connectivity index (χ4n) is 1.61. The Kier molecular flexibility index (Phi) is 2.11. The predicted molar refractivity (Wildman–Crippen MR) is 54.6 cm³/mol. The number of H-pyrrole nitrogens is 1. The Morgan fingerprint density at radius 3 is 2.86 bits per heavy atom. The normalized spacial score (nSPS) is 11.0. The summed E-state index contributed by atoms with van der Waals surface area (Å²) >= 11 is 0. The third-order valence-corrected chi connectivity index (χ3v) is 2.40. The quantitative estimate of drug-likeness (QED) is 0.774. The monoisotopic (exact) mass is 191 g/mol. The first-order chi connectivity index (χ1) is 6.76. The molecule has 1 N–H and O–H groups in total. The molecule has 0 bridgehead atoms. The number of aryl methyl sites for hydroxylation is 2. The van der Waals surface area contributed by atoms with Gasteiger partial charge in [-0.3, -0.25) is 4.79 Å². The van der Waals surface area contributed by atoms with E-state index in [0.717, 1.165) is 29.7 Å². The highest BCUT2D eigenvalue weighted by Gasteiger charge is 2.06. The molecule has 2 heterocycles. The van der Waals surface area contributed by atoms with Crippen LogP contribution in [-0.4, -0.2) is 14.6 Å². The predicted octanol–water partition coefficient (Wildman–Crippen LogP) is 1.15. The van der Waals surface area contributed by atoms with Crippen LogP contribution in [0.2, 0.25) is 0 Å². The molecule has 14 heavy (non-hydrogen) atoms. The Labute approximate surface area is 81.6 Å². The van der Waals surface area contributed by atoms with E-state index < -0.39 is 0 Å². The molecule has 0 aliphatic rings. The fourth-order valence-corrected chi connectivity index (χ4v) is 1.61. The zero-order valence-electron chi connectivity index (χ0n) is 8.37. The minimum atomic E-state index is -0.0513. The second-order valence-electron chi connectivity index (χ2n) is 3.26. The average Bonchev–Trinajstić information content (AvgIpc) is 2.59. The number of aromatic amines is 1. The first-order valence-corrected chi connectivity index (χ1v) is 4.85. The summed E-state index contributed by atoms with van der Waals surface area (Å²) in [7, 11) is 0. The molecule has 0 saturated carbocycles. The van der Waals surface area contributed by atoms with Gasteiger partial charge in [-0.05, 0) is 12.8 Å². The maximum Gasteiger partial charge on any atom is 0.251 e. The van der Waals surface area contributed by atoms with Gasteiger partial charge in [-0.15, -0.1) is 0 Å². The van der Waals surface area contributed by atoms with Crippen LogP contribution in [0.15, 0.2) is 17.1 Å². The summed E-state index contributed by atoms with van der Waals surface area (Å²) < 4.78 is 1.81. The lowest BCUT2D eigenvalue weighted by atomic mass is 10.2. The van der Waals surface area contributed by atoms with Crippen molar-refractivity contribution in [3.63, 3.8) is 0 Å². The maximum atomic E-state index is 11.3. The molecule has 0 saturated heterocycles. The molecule has 2 aromatic heterocycles. The van der Waals surface area contributed by atoms with Gasteiger partial charge in [0.2, 0.25) is 0 Å². The van der Waals surface area contributed by atoms with Crippen molar-refractivity contribution in [2.45, 2.75) is 26.7 Å². The van der Waals surface area contributed by atoms with Crippen molar-refractivity contribution in [1.82, 2.24) is 14.6 Å². The van der Waals surface area contributed by atoms with Crippen LogP contribution in [0.5, 0.6) is 0 Å². The molecule has 74 valence electrons. The summed E-state index contributed by atoms with van der Waals surface area (Å²) in [6.07, 6.45) is 3.50. The molecule has 0 atom stereocenters. The van der Waals surface area contributed by atoms with E-state index in [2.05, 4.69) is 10.1 Å². The summed E-state index contributed by atoms with van der Waals surface area (Å²) in [6, 6.07) is 1.60. The maximum absolute atomic E-state index is 11.3. The van der Waals surface area contributed by atoms with Crippen molar-refractivity contribution in [3.8, 4) is 0 Å². The largest absolute Gasteiger partial charge is 0.307 e. The number of nitrogens with zero attached hydrogens (tertiary/aromatic N) is 2. The average molecular weight is 191 g/mol. The van der Waals surface area contributed by atoms with Crippen molar-refractivity contribution in [2.75, 3.05) is 0 Å². The zero-order chi connectivity index (χ0) is 10.1. The molecule has 0 aliphatic carbocycles. The lowest BCUT2D eigenvalue weighted by Gasteiger charge is -2.00. The van der Waals surface area contributed by atoms with Crippen molar-refractivity contribution >= 4 is 5.65 Å². The second-order valence-corrected chi connectivity index (χ2v) is 3.26. The van der Waals surface area contributed by atoms with E-state index in [1.165, 1.54) is 0 Å². The molecule has 2 rings (SSSR count). The van der Waals surface area contributed by atoms with E-state index in [0.29, 0.717) is 0 Å². The standard InChI is InChI=1S/C10H13N3O/c1-3-7-6-11-13-8(4-2)5-9(14)12-10(7)13/h5-6H,3-4H2,1-2H3,(H,12,14). The minimum absolute atomic E-state index is 0.0513. The summed E-state index contributed by atoms with van der Waals surface area (Å²) in [5.74, 6) is 0. The topological polar surface area (TPSA) is 50.2 Å². The van der Waals surface area contributed by atoms with E-state index in [9.17, 15) is 4.79 Å². The first kappa shape index (κ1) is 8.99. The number of nitrogens with one attached hydrogen (secondary N) is 1. The minimum Gasteiger partial charge on any atom is -0.307 e. The smallest absolute Gasteiger partial charge is 0.251 e. The SMILES string of the molecule is CCc1cnn2c(CC)cc(=O)[nH]c12. The highest BCUT2D eigenvalue weighted by Crippen LogP contribution is 2.08. The lowest BCUT2D eigenvalue weighted by Crippen LogP contribution is -2.11. The highest BCUT2D eigenvalue weighted by molar-refractivity contribution is 5.46. The first-order valence-electron chi connectivity index (χ1n) is 4.85. The van der Waals surface area contributed by atoms with Crippen LogP contribution in [0.4, 0.5) is 0 Å². The van der Waals surface area contributed by atoms with Crippen molar-refractivity contribution in [3.05, 3.63) is 33.9 Å². The summed E-state index contributed by atoms with van der Waals surface area (Å²) in [6.45, 7) is 4.06. The van der Waals surface area contributed by atoms with E-state index in [1.807, 2.05) is 20.0 Å². The molecule has 0 unspecified atom stereocenters. The molecule has 0 amide bonds. The molecular weight excluding hydrogens is 178 g/mol. The van der Waals surface area contributed by atoms with E-state index in [1.54, 1.807) is 10.6 Å². The van der Waals surface area contributed by atoms with Crippen LogP contribution in [-0.2, 0) is 12.8 Å². The van der Waals surface area contributed by atoms with Gasteiger partial charge in [-0.2, -0.15) is 5.10 Å². The second kappa shape index (κ2) is 3.29. The number of rotatable bonds is 2. The number of hydrogen-bond donors (Lipinski definition) is 1. The van der Waals surface area contributed by atoms with Gasteiger partial charge < -0.3 is 4.98 Å². The van der Waals surface area contributed by atoms with E-state index >= 15 is 0 Å². The lowest BCUT2D eigenvalue weighted by molar-refractivity contribution is 0.842. The Balaban J connectivity index is 2.83. The Morgan fingerprint density at radius 2 is 2.21 bits per heavy atom. The molecule has 4 nitrogen and oxygen atoms in total. The Morgan fingerprint density at radius 1 is 1.43 bits per heavy atom. The van der Waals surface area contributed by atoms with E-state index in [-0.39, 0.29) is 5.56 Å². The van der Waals surface area contributed by atoms with Crippen LogP contribution < -0.4 is 5.56 Å². The van der Waals surface area contributed by atoms with Gasteiger partial charge in [-0.1, -0.05) is 13.8 Å². The molecule has 0 radical (unpaired) electrons. The Hall–Kier alpha value is -1.58. The molecule has 0 fully saturated rings. The number of hydrogen-bond acceptors (Lipinski definition) is 2. The van der Waals surface area contributed by atoms with Gasteiger partial charge >= 0.3 is 0 Å². The van der Waals surface area contributed by atoms with Crippen LogP contribution in [0.1, 0.15) is 25.1 Å². The number of aromatic nitrogens is 3. The van der Waals surface area contributed by atoms with Crippen molar-refractivity contribution in [1.29, 1.82) is 0 Å². The Bertz CT molecular complexity index is 510.